The molecule has 106 valence electrons. The first kappa shape index (κ1) is 14.7. The van der Waals surface area contributed by atoms with Crippen LogP contribution in [0.3, 0.4) is 0 Å². The lowest BCUT2D eigenvalue weighted by Gasteiger charge is -2.11. The first-order valence-corrected chi connectivity index (χ1v) is 6.13. The maximum atomic E-state index is 13.2. The van der Waals surface area contributed by atoms with E-state index >= 15 is 0 Å². The third-order valence-corrected chi connectivity index (χ3v) is 2.89. The van der Waals surface area contributed by atoms with Crippen LogP contribution in [0.5, 0.6) is 5.75 Å². The molecule has 0 N–H and O–H groups in total. The highest BCUT2D eigenvalue weighted by molar-refractivity contribution is 5.96. The minimum atomic E-state index is -0.547. The highest BCUT2D eigenvalue weighted by Crippen LogP contribution is 2.22. The van der Waals surface area contributed by atoms with Gasteiger partial charge in [-0.3, -0.25) is 4.79 Å². The maximum absolute atomic E-state index is 13.2. The summed E-state index contributed by atoms with van der Waals surface area (Å²) in [5.41, 5.74) is 0.819. The number of hydrogen-bond acceptors (Lipinski definition) is 3. The molecule has 0 aromatic heterocycles. The molecule has 0 aliphatic rings. The molecule has 0 unspecified atom stereocenters. The number of nitriles is 1. The summed E-state index contributed by atoms with van der Waals surface area (Å²) < 4.78 is 31.8. The van der Waals surface area contributed by atoms with Crippen LogP contribution in [0.1, 0.15) is 28.4 Å². The van der Waals surface area contributed by atoms with Crippen LogP contribution < -0.4 is 4.74 Å². The Kier molecular flexibility index (Phi) is 4.29. The van der Waals surface area contributed by atoms with Crippen molar-refractivity contribution < 1.29 is 18.3 Å². The Morgan fingerprint density at radius 2 is 1.86 bits per heavy atom. The fourth-order valence-electron chi connectivity index (χ4n) is 1.85. The van der Waals surface area contributed by atoms with Gasteiger partial charge < -0.3 is 4.74 Å². The topological polar surface area (TPSA) is 50.1 Å². The Hall–Kier alpha value is -2.74. The summed E-state index contributed by atoms with van der Waals surface area (Å²) in [6.07, 6.45) is 0. The molecule has 0 spiro atoms. The number of benzene rings is 2. The number of halogens is 2. The summed E-state index contributed by atoms with van der Waals surface area (Å²) >= 11 is 0. The molecule has 21 heavy (non-hydrogen) atoms. The van der Waals surface area contributed by atoms with Crippen molar-refractivity contribution >= 4 is 5.78 Å². The van der Waals surface area contributed by atoms with Crippen molar-refractivity contribution in [2.45, 2.75) is 13.5 Å². The maximum Gasteiger partial charge on any atom is 0.163 e. The number of ketones is 1. The molecule has 0 saturated carbocycles. The highest BCUT2D eigenvalue weighted by Gasteiger charge is 2.11. The van der Waals surface area contributed by atoms with Crippen LogP contribution >= 0.6 is 0 Å². The number of Topliss-reactive ketones (excluding diaryl/α,β-unsaturated/α-hetero) is 1. The normalized spacial score (nSPS) is 10.0. The number of rotatable bonds is 4. The van der Waals surface area contributed by atoms with Crippen LogP contribution in [0, 0.1) is 23.0 Å². The van der Waals surface area contributed by atoms with E-state index in [1.165, 1.54) is 31.2 Å². The van der Waals surface area contributed by atoms with Crippen LogP contribution in [-0.2, 0) is 6.61 Å². The van der Waals surface area contributed by atoms with Gasteiger partial charge in [-0.1, -0.05) is 0 Å². The molecule has 2 rings (SSSR count). The lowest BCUT2D eigenvalue weighted by Crippen LogP contribution is -2.04. The van der Waals surface area contributed by atoms with E-state index in [0.29, 0.717) is 5.56 Å². The summed E-state index contributed by atoms with van der Waals surface area (Å²) in [5, 5.41) is 8.95. The smallest absolute Gasteiger partial charge is 0.163 e. The minimum Gasteiger partial charge on any atom is -0.488 e. The van der Waals surface area contributed by atoms with E-state index in [1.807, 2.05) is 6.07 Å². The molecule has 0 atom stereocenters. The summed E-state index contributed by atoms with van der Waals surface area (Å²) in [5.74, 6) is -1.26. The van der Waals surface area contributed by atoms with Crippen molar-refractivity contribution in [1.29, 1.82) is 5.26 Å². The van der Waals surface area contributed by atoms with Gasteiger partial charge in [0.05, 0.1) is 17.2 Å². The molecule has 0 bridgehead atoms. The van der Waals surface area contributed by atoms with Crippen molar-refractivity contribution in [2.75, 3.05) is 0 Å². The van der Waals surface area contributed by atoms with Crippen molar-refractivity contribution in [3.8, 4) is 11.8 Å². The van der Waals surface area contributed by atoms with Gasteiger partial charge in [0.15, 0.2) is 5.78 Å². The molecule has 2 aromatic carbocycles. The predicted molar refractivity (Wildman–Crippen MR) is 71.9 cm³/mol. The number of ether oxygens (including phenoxy) is 1. The molecular formula is C16H11F2NO2. The van der Waals surface area contributed by atoms with Crippen molar-refractivity contribution in [1.82, 2.24) is 0 Å². The predicted octanol–water partition coefficient (Wildman–Crippen LogP) is 3.62. The van der Waals surface area contributed by atoms with Gasteiger partial charge in [0.1, 0.15) is 24.0 Å². The Morgan fingerprint density at radius 3 is 2.52 bits per heavy atom. The van der Waals surface area contributed by atoms with Crippen LogP contribution in [-0.4, -0.2) is 5.78 Å². The second-order valence-corrected chi connectivity index (χ2v) is 4.40. The Bertz CT molecular complexity index is 736. The number of nitrogens with zero attached hydrogens (tertiary/aromatic N) is 1. The average Bonchev–Trinajstić information content (AvgIpc) is 2.45. The largest absolute Gasteiger partial charge is 0.488 e. The summed E-state index contributed by atoms with van der Waals surface area (Å²) in [6, 6.07) is 9.17. The molecule has 0 heterocycles. The second-order valence-electron chi connectivity index (χ2n) is 4.40. The lowest BCUT2D eigenvalue weighted by atomic mass is 10.1. The van der Waals surface area contributed by atoms with Gasteiger partial charge in [0.25, 0.3) is 0 Å². The zero-order valence-corrected chi connectivity index (χ0v) is 11.2. The number of carbonyl (C=O) groups is 1. The third-order valence-electron chi connectivity index (χ3n) is 2.89. The molecule has 2 aromatic rings. The summed E-state index contributed by atoms with van der Waals surface area (Å²) in [7, 11) is 0. The van der Waals surface area contributed by atoms with E-state index in [9.17, 15) is 13.6 Å². The monoisotopic (exact) mass is 287 g/mol. The summed E-state index contributed by atoms with van der Waals surface area (Å²) in [6.45, 7) is 1.20. The minimum absolute atomic E-state index is 0.0654. The van der Waals surface area contributed by atoms with Crippen LogP contribution in [0.2, 0.25) is 0 Å². The third kappa shape index (κ3) is 3.42. The molecule has 0 amide bonds. The number of carbonyl (C=O) groups excluding carboxylic acids is 1. The summed E-state index contributed by atoms with van der Waals surface area (Å²) in [4.78, 5) is 11.5. The lowest BCUT2D eigenvalue weighted by molar-refractivity contribution is 0.101. The van der Waals surface area contributed by atoms with Gasteiger partial charge >= 0.3 is 0 Å². The standard InChI is InChI=1S/C16H11F2NO2/c1-10(20)15-5-4-14(18)7-16(15)21-9-12-6-13(17)3-2-11(12)8-19/h2-7H,9H2,1H3. The Balaban J connectivity index is 2.29. The van der Waals surface area contributed by atoms with E-state index in [-0.39, 0.29) is 29.3 Å². The SMILES string of the molecule is CC(=O)c1ccc(F)cc1OCc1cc(F)ccc1C#N. The second kappa shape index (κ2) is 6.14. The van der Waals surface area contributed by atoms with Crippen LogP contribution in [0.4, 0.5) is 8.78 Å². The first-order valence-electron chi connectivity index (χ1n) is 6.13. The van der Waals surface area contributed by atoms with Crippen LogP contribution in [0.15, 0.2) is 36.4 Å². The molecule has 0 aliphatic carbocycles. The first-order chi connectivity index (χ1) is 10.0. The molecule has 0 fully saturated rings. The van der Waals surface area contributed by atoms with Crippen molar-refractivity contribution in [3.63, 3.8) is 0 Å². The molecule has 3 nitrogen and oxygen atoms in total. The van der Waals surface area contributed by atoms with Crippen LogP contribution in [0.25, 0.3) is 0 Å². The average molecular weight is 287 g/mol. The molecule has 0 aliphatic heterocycles. The van der Waals surface area contributed by atoms with E-state index in [0.717, 1.165) is 12.1 Å². The quantitative estimate of drug-likeness (QED) is 0.807. The highest BCUT2D eigenvalue weighted by atomic mass is 19.1. The fourth-order valence-corrected chi connectivity index (χ4v) is 1.85. The fraction of sp³-hybridized carbons (Fsp3) is 0.125. The van der Waals surface area contributed by atoms with Gasteiger partial charge in [0, 0.05) is 11.6 Å². The molecule has 0 radical (unpaired) electrons. The molecular weight excluding hydrogens is 276 g/mol. The van der Waals surface area contributed by atoms with Gasteiger partial charge in [-0.2, -0.15) is 5.26 Å². The van der Waals surface area contributed by atoms with Gasteiger partial charge in [-0.25, -0.2) is 8.78 Å². The molecule has 0 saturated heterocycles. The zero-order chi connectivity index (χ0) is 15.4. The van der Waals surface area contributed by atoms with E-state index in [1.54, 1.807) is 0 Å². The van der Waals surface area contributed by atoms with Crippen molar-refractivity contribution in [3.05, 3.63) is 64.7 Å². The number of hydrogen-bond donors (Lipinski definition) is 0. The van der Waals surface area contributed by atoms with Gasteiger partial charge in [-0.05, 0) is 37.3 Å². The molecule has 5 heteroatoms. The van der Waals surface area contributed by atoms with Gasteiger partial charge in [0.2, 0.25) is 0 Å². The zero-order valence-electron chi connectivity index (χ0n) is 11.2. The Morgan fingerprint density at radius 1 is 1.19 bits per heavy atom. The van der Waals surface area contributed by atoms with E-state index in [4.69, 9.17) is 10.00 Å². The van der Waals surface area contributed by atoms with E-state index in [2.05, 4.69) is 0 Å². The Labute approximate surface area is 120 Å². The van der Waals surface area contributed by atoms with E-state index < -0.39 is 11.6 Å². The van der Waals surface area contributed by atoms with Gasteiger partial charge in [-0.15, -0.1) is 0 Å². The van der Waals surface area contributed by atoms with Crippen molar-refractivity contribution in [2.24, 2.45) is 0 Å².